The van der Waals surface area contributed by atoms with Crippen LogP contribution in [0, 0.1) is 11.3 Å². The third-order valence-corrected chi connectivity index (χ3v) is 13.0. The molecular weight excluding hydrogens is 741 g/mol. The zero-order valence-corrected chi connectivity index (χ0v) is 34.7. The summed E-state index contributed by atoms with van der Waals surface area (Å²) < 4.78 is 1.97. The van der Waals surface area contributed by atoms with Gasteiger partial charge in [0.2, 0.25) is 17.8 Å². The third-order valence-electron chi connectivity index (χ3n) is 13.0. The summed E-state index contributed by atoms with van der Waals surface area (Å²) in [7, 11) is 0. The van der Waals surface area contributed by atoms with Gasteiger partial charge in [-0.05, 0) is 91.7 Å². The number of aryl methyl sites for hydroxylation is 3. The largest absolute Gasteiger partial charge is 0.369 e. The standard InChI is InChI=1S/C46H56N10O3/c1-5-30-24-33-34(46(3,4)43-41(42(33)58)32-12-9-29(26-47)23-36(32)51-43)25-39(30)54-18-20-55(21-19-54)40(57)14-11-28-10-13-38-37(22-28)52-45(49)56(38)16-7-8-35(48)44(59)50-31-15-17-53(6-2)27-31/h9-10,12-13,22-25,31,35,51H,5-8,11,14-21,27,48H2,1-4H3,(H2,49,52)(H,50,59)/t31-,35+/m1/s1. The lowest BCUT2D eigenvalue weighted by Crippen LogP contribution is -2.49. The van der Waals surface area contributed by atoms with Crippen LogP contribution in [0.2, 0.25) is 0 Å². The van der Waals surface area contributed by atoms with Crippen molar-refractivity contribution >= 4 is 51.2 Å². The minimum atomic E-state index is -0.567. The molecule has 59 heavy (non-hydrogen) atoms. The number of benzene rings is 3. The number of hydrogen-bond acceptors (Lipinski definition) is 9. The Balaban J connectivity index is 0.865. The number of aromatic amines is 1. The van der Waals surface area contributed by atoms with E-state index in [9.17, 15) is 19.6 Å². The van der Waals surface area contributed by atoms with E-state index >= 15 is 0 Å². The maximum Gasteiger partial charge on any atom is 0.237 e. The summed E-state index contributed by atoms with van der Waals surface area (Å²) in [5.74, 6) is 0.473. The summed E-state index contributed by atoms with van der Waals surface area (Å²) in [6.45, 7) is 14.7. The summed E-state index contributed by atoms with van der Waals surface area (Å²) >= 11 is 0. The number of nitrogens with two attached hydrogens (primary N) is 2. The van der Waals surface area contributed by atoms with E-state index in [1.165, 1.54) is 0 Å². The van der Waals surface area contributed by atoms with Crippen molar-refractivity contribution in [3.05, 3.63) is 87.6 Å². The summed E-state index contributed by atoms with van der Waals surface area (Å²) in [5, 5.41) is 13.4. The number of nitriles is 1. The molecule has 2 saturated heterocycles. The lowest BCUT2D eigenvalue weighted by molar-refractivity contribution is -0.131. The fourth-order valence-corrected chi connectivity index (χ4v) is 9.49. The van der Waals surface area contributed by atoms with E-state index in [1.807, 2.05) is 39.8 Å². The normalized spacial score (nSPS) is 18.2. The molecule has 0 radical (unpaired) electrons. The second-order valence-electron chi connectivity index (χ2n) is 17.0. The van der Waals surface area contributed by atoms with E-state index in [4.69, 9.17) is 11.5 Å². The molecule has 13 heteroatoms. The van der Waals surface area contributed by atoms with E-state index in [1.54, 1.807) is 6.07 Å². The molecule has 2 aliphatic heterocycles. The minimum Gasteiger partial charge on any atom is -0.369 e. The monoisotopic (exact) mass is 796 g/mol. The number of hydrogen-bond donors (Lipinski definition) is 4. The third kappa shape index (κ3) is 7.56. The Morgan fingerprint density at radius 3 is 2.59 bits per heavy atom. The molecule has 1 aliphatic carbocycles. The maximum atomic E-state index is 14.1. The highest BCUT2D eigenvalue weighted by Gasteiger charge is 2.41. The number of anilines is 2. The first-order chi connectivity index (χ1) is 28.4. The maximum absolute atomic E-state index is 14.1. The number of nitrogen functional groups attached to an aromatic ring is 1. The van der Waals surface area contributed by atoms with Crippen molar-refractivity contribution in [2.45, 2.75) is 90.3 Å². The van der Waals surface area contributed by atoms with Gasteiger partial charge in [-0.3, -0.25) is 14.4 Å². The van der Waals surface area contributed by atoms with E-state index < -0.39 is 11.5 Å². The molecule has 2 amide bonds. The van der Waals surface area contributed by atoms with Gasteiger partial charge in [-0.25, -0.2) is 4.98 Å². The Bertz CT molecular complexity index is 2480. The van der Waals surface area contributed by atoms with Gasteiger partial charge in [0, 0.05) is 91.5 Å². The molecule has 2 aromatic heterocycles. The Labute approximate surface area is 345 Å². The predicted molar refractivity (Wildman–Crippen MR) is 232 cm³/mol. The highest BCUT2D eigenvalue weighted by Crippen LogP contribution is 2.46. The molecule has 0 spiro atoms. The number of aromatic nitrogens is 3. The number of likely N-dealkylation sites (N-methyl/N-ethyl adjacent to an activating group) is 1. The van der Waals surface area contributed by atoms with Gasteiger partial charge >= 0.3 is 0 Å². The van der Waals surface area contributed by atoms with Crippen molar-refractivity contribution < 1.29 is 14.4 Å². The molecule has 4 heterocycles. The van der Waals surface area contributed by atoms with Crippen LogP contribution in [0.4, 0.5) is 11.6 Å². The topological polar surface area (TPSA) is 182 Å². The van der Waals surface area contributed by atoms with Crippen LogP contribution in [0.25, 0.3) is 21.9 Å². The van der Waals surface area contributed by atoms with Gasteiger partial charge in [0.15, 0.2) is 5.78 Å². The first-order valence-electron chi connectivity index (χ1n) is 21.2. The number of fused-ring (bicyclic) bond motifs is 5. The molecule has 5 aromatic rings. The van der Waals surface area contributed by atoms with Gasteiger partial charge in [0.25, 0.3) is 0 Å². The highest BCUT2D eigenvalue weighted by molar-refractivity contribution is 6.20. The van der Waals surface area contributed by atoms with Crippen LogP contribution in [0.1, 0.15) is 97.2 Å². The Morgan fingerprint density at radius 1 is 1.07 bits per heavy atom. The Kier molecular flexibility index (Phi) is 11.0. The summed E-state index contributed by atoms with van der Waals surface area (Å²) in [6.07, 6.45) is 3.99. The second-order valence-corrected chi connectivity index (χ2v) is 17.0. The fraction of sp³-hybridized carbons (Fsp3) is 0.457. The first kappa shape index (κ1) is 40.1. The highest BCUT2D eigenvalue weighted by atomic mass is 16.2. The number of H-pyrrole nitrogens is 1. The zero-order valence-electron chi connectivity index (χ0n) is 34.7. The molecule has 3 aromatic carbocycles. The van der Waals surface area contributed by atoms with E-state index in [0.29, 0.717) is 75.5 Å². The van der Waals surface area contributed by atoms with Gasteiger partial charge in [-0.15, -0.1) is 0 Å². The number of likely N-dealkylation sites (tertiary alicyclic amines) is 1. The van der Waals surface area contributed by atoms with Gasteiger partial charge in [0.1, 0.15) is 0 Å². The molecule has 13 nitrogen and oxygen atoms in total. The van der Waals surface area contributed by atoms with Crippen molar-refractivity contribution in [3.8, 4) is 6.07 Å². The second kappa shape index (κ2) is 16.2. The van der Waals surface area contributed by atoms with Crippen LogP contribution >= 0.6 is 0 Å². The van der Waals surface area contributed by atoms with E-state index in [-0.39, 0.29) is 23.6 Å². The number of carbonyl (C=O) groups excluding carboxylic acids is 3. The molecule has 0 saturated carbocycles. The lowest BCUT2D eigenvalue weighted by Gasteiger charge is -2.39. The number of nitrogens with zero attached hydrogens (tertiary/aromatic N) is 6. The molecule has 8 rings (SSSR count). The smallest absolute Gasteiger partial charge is 0.237 e. The van der Waals surface area contributed by atoms with Gasteiger partial charge in [0.05, 0.1) is 34.3 Å². The van der Waals surface area contributed by atoms with Gasteiger partial charge in [-0.2, -0.15) is 5.26 Å². The van der Waals surface area contributed by atoms with Gasteiger partial charge in [-0.1, -0.05) is 39.8 Å². The van der Waals surface area contributed by atoms with Crippen molar-refractivity contribution in [2.75, 3.05) is 56.4 Å². The number of ketones is 1. The molecule has 3 aliphatic rings. The number of nitrogens with one attached hydrogen (secondary N) is 2. The molecule has 0 unspecified atom stereocenters. The van der Waals surface area contributed by atoms with Crippen molar-refractivity contribution in [1.29, 1.82) is 5.26 Å². The first-order valence-corrected chi connectivity index (χ1v) is 21.2. The van der Waals surface area contributed by atoms with Crippen LogP contribution in [0.5, 0.6) is 0 Å². The average Bonchev–Trinajstić information content (AvgIpc) is 3.96. The van der Waals surface area contributed by atoms with Crippen LogP contribution in [0.3, 0.4) is 0 Å². The fourth-order valence-electron chi connectivity index (χ4n) is 9.49. The van der Waals surface area contributed by atoms with Crippen LogP contribution in [0.15, 0.2) is 48.5 Å². The molecule has 6 N–H and O–H groups in total. The predicted octanol–water partition coefficient (Wildman–Crippen LogP) is 5.00. The molecule has 2 atom stereocenters. The lowest BCUT2D eigenvalue weighted by atomic mass is 9.70. The van der Waals surface area contributed by atoms with Crippen LogP contribution in [-0.4, -0.2) is 99.8 Å². The summed E-state index contributed by atoms with van der Waals surface area (Å²) in [4.78, 5) is 55.1. The number of imidazole rings is 1. The van der Waals surface area contributed by atoms with Crippen LogP contribution < -0.4 is 21.7 Å². The molecule has 0 bridgehead atoms. The zero-order chi connectivity index (χ0) is 41.6. The number of piperazine rings is 1. The average molecular weight is 797 g/mol. The molecule has 308 valence electrons. The SMILES string of the molecule is CCc1cc2c(cc1N1CCN(C(=O)CCc3ccc4c(c3)nc(N)n4CCC[C@H](N)C(=O)N[C@@H]3CCN(CC)C3)CC1)C(C)(C)c1[nH]c3cc(C#N)ccc3c1C2=O. The summed E-state index contributed by atoms with van der Waals surface area (Å²) in [5.41, 5.74) is 21.8. The quantitative estimate of drug-likeness (QED) is 0.135. The molecular formula is C46H56N10O3. The minimum absolute atomic E-state index is 0.0129. The Hall–Kier alpha value is -5.71. The van der Waals surface area contributed by atoms with Crippen molar-refractivity contribution in [1.82, 2.24) is 29.7 Å². The van der Waals surface area contributed by atoms with Crippen LogP contribution in [-0.2, 0) is 34.4 Å². The van der Waals surface area contributed by atoms with E-state index in [2.05, 4.69) is 71.0 Å². The number of amides is 2. The number of rotatable bonds is 12. The van der Waals surface area contributed by atoms with E-state index in [0.717, 1.165) is 88.0 Å². The van der Waals surface area contributed by atoms with Crippen molar-refractivity contribution in [2.24, 2.45) is 5.73 Å². The van der Waals surface area contributed by atoms with Gasteiger partial charge < -0.3 is 41.0 Å². The molecule has 2 fully saturated rings. The summed E-state index contributed by atoms with van der Waals surface area (Å²) in [6, 6.07) is 17.6. The number of carbonyl (C=O) groups is 3. The Morgan fingerprint density at radius 2 is 1.86 bits per heavy atom. The van der Waals surface area contributed by atoms with Crippen molar-refractivity contribution in [3.63, 3.8) is 0 Å².